The minimum Gasteiger partial charge on any atom is -0.508 e. The third-order valence-corrected chi connectivity index (χ3v) is 4.76. The average Bonchev–Trinajstić information content (AvgIpc) is 2.67. The normalized spacial score (nSPS) is 16.1. The second-order valence-electron chi connectivity index (χ2n) is 6.68. The molecule has 0 atom stereocenters. The first kappa shape index (κ1) is 16.9. The number of phenols is 1. The van der Waals surface area contributed by atoms with Gasteiger partial charge in [-0.2, -0.15) is 0 Å². The molecule has 0 saturated carbocycles. The number of hydrogen-bond donors (Lipinski definition) is 1. The minimum absolute atomic E-state index is 0.270. The number of ether oxygens (including phenoxy) is 3. The molecule has 0 unspecified atom stereocenters. The van der Waals surface area contributed by atoms with Gasteiger partial charge >= 0.3 is 0 Å². The van der Waals surface area contributed by atoms with E-state index in [1.807, 2.05) is 18.2 Å². The summed E-state index contributed by atoms with van der Waals surface area (Å²) in [5.41, 5.74) is 4.41. The van der Waals surface area contributed by atoms with E-state index in [2.05, 4.69) is 17.0 Å². The lowest BCUT2D eigenvalue weighted by molar-refractivity contribution is 0.0832. The third-order valence-electron chi connectivity index (χ3n) is 4.76. The highest BCUT2D eigenvalue weighted by Gasteiger charge is 2.21. The van der Waals surface area contributed by atoms with Gasteiger partial charge in [-0.3, -0.25) is 4.90 Å². The zero-order valence-corrected chi connectivity index (χ0v) is 14.9. The Morgan fingerprint density at radius 2 is 1.96 bits per heavy atom. The number of rotatable bonds is 5. The van der Waals surface area contributed by atoms with Crippen LogP contribution in [0.5, 0.6) is 17.2 Å². The van der Waals surface area contributed by atoms with Crippen molar-refractivity contribution in [3.8, 4) is 17.2 Å². The highest BCUT2D eigenvalue weighted by Crippen LogP contribution is 2.37. The zero-order valence-electron chi connectivity index (χ0n) is 14.9. The van der Waals surface area contributed by atoms with Crippen molar-refractivity contribution < 1.29 is 19.3 Å². The monoisotopic (exact) mass is 353 g/mol. The largest absolute Gasteiger partial charge is 0.508 e. The Bertz CT molecular complexity index is 814. The van der Waals surface area contributed by atoms with Crippen LogP contribution in [-0.4, -0.2) is 43.6 Å². The number of fused-ring (bicyclic) bond motifs is 2. The Hall–Kier alpha value is -2.50. The number of hydrogen-bond acceptors (Lipinski definition) is 5. The number of nitrogens with zero attached hydrogens (tertiary/aromatic N) is 1. The molecule has 2 aliphatic heterocycles. The first-order valence-corrected chi connectivity index (χ1v) is 8.87. The Morgan fingerprint density at radius 3 is 2.77 bits per heavy atom. The van der Waals surface area contributed by atoms with Crippen molar-refractivity contribution >= 4 is 11.6 Å². The number of methoxy groups -OCH3 is 1. The lowest BCUT2D eigenvalue weighted by atomic mass is 9.98. The average molecular weight is 353 g/mol. The van der Waals surface area contributed by atoms with Crippen molar-refractivity contribution in [1.29, 1.82) is 0 Å². The summed E-state index contributed by atoms with van der Waals surface area (Å²) in [6, 6.07) is 11.4. The first-order valence-electron chi connectivity index (χ1n) is 8.87. The Kier molecular flexibility index (Phi) is 4.82. The molecule has 5 heteroatoms. The fourth-order valence-electron chi connectivity index (χ4n) is 3.37. The van der Waals surface area contributed by atoms with Crippen molar-refractivity contribution in [2.24, 2.45) is 0 Å². The summed E-state index contributed by atoms with van der Waals surface area (Å²) in [4.78, 5) is 2.28. The smallest absolute Gasteiger partial charge is 0.142 e. The Morgan fingerprint density at radius 1 is 1.12 bits per heavy atom. The van der Waals surface area contributed by atoms with Crippen LogP contribution in [0.2, 0.25) is 0 Å². The summed E-state index contributed by atoms with van der Waals surface area (Å²) in [5, 5.41) is 9.47. The van der Waals surface area contributed by atoms with E-state index in [-0.39, 0.29) is 5.75 Å². The lowest BCUT2D eigenvalue weighted by Crippen LogP contribution is -2.33. The van der Waals surface area contributed by atoms with Crippen molar-refractivity contribution in [3.63, 3.8) is 0 Å². The van der Waals surface area contributed by atoms with Crippen LogP contribution in [-0.2, 0) is 11.3 Å². The van der Waals surface area contributed by atoms with Crippen molar-refractivity contribution in [1.82, 2.24) is 4.90 Å². The van der Waals surface area contributed by atoms with Gasteiger partial charge in [-0.25, -0.2) is 0 Å². The van der Waals surface area contributed by atoms with E-state index in [0.29, 0.717) is 13.3 Å². The molecule has 136 valence electrons. The Balaban J connectivity index is 1.56. The highest BCUT2D eigenvalue weighted by molar-refractivity contribution is 5.86. The van der Waals surface area contributed by atoms with E-state index >= 15 is 0 Å². The summed E-state index contributed by atoms with van der Waals surface area (Å²) in [7, 11) is 1.73. The maximum absolute atomic E-state index is 9.47. The van der Waals surface area contributed by atoms with Crippen LogP contribution in [0.3, 0.4) is 0 Å². The molecule has 2 heterocycles. The van der Waals surface area contributed by atoms with Crippen LogP contribution in [0.25, 0.3) is 11.6 Å². The van der Waals surface area contributed by atoms with Gasteiger partial charge in [-0.1, -0.05) is 12.1 Å². The molecular weight excluding hydrogens is 330 g/mol. The highest BCUT2D eigenvalue weighted by atomic mass is 16.5. The summed E-state index contributed by atoms with van der Waals surface area (Å²) < 4.78 is 17.0. The van der Waals surface area contributed by atoms with Gasteiger partial charge in [0.05, 0.1) is 0 Å². The molecule has 0 radical (unpaired) electrons. The number of aromatic hydroxyl groups is 1. The summed E-state index contributed by atoms with van der Waals surface area (Å²) in [6.07, 6.45) is 3.16. The summed E-state index contributed by atoms with van der Waals surface area (Å²) in [5.74, 6) is 2.04. The van der Waals surface area contributed by atoms with Crippen LogP contribution in [0.15, 0.2) is 36.4 Å². The fourth-order valence-corrected chi connectivity index (χ4v) is 3.37. The van der Waals surface area contributed by atoms with Gasteiger partial charge in [0.1, 0.15) is 30.6 Å². The topological polar surface area (TPSA) is 51.2 Å². The maximum atomic E-state index is 9.47. The predicted molar refractivity (Wildman–Crippen MR) is 100 cm³/mol. The second kappa shape index (κ2) is 7.40. The van der Waals surface area contributed by atoms with E-state index in [9.17, 15) is 5.11 Å². The van der Waals surface area contributed by atoms with E-state index in [0.717, 1.165) is 54.3 Å². The van der Waals surface area contributed by atoms with Gasteiger partial charge in [0.25, 0.3) is 0 Å². The minimum atomic E-state index is 0.270. The third kappa shape index (κ3) is 3.54. The van der Waals surface area contributed by atoms with Gasteiger partial charge < -0.3 is 19.3 Å². The molecule has 26 heavy (non-hydrogen) atoms. The van der Waals surface area contributed by atoms with Crippen molar-refractivity contribution in [2.75, 3.05) is 33.6 Å². The second-order valence-corrected chi connectivity index (χ2v) is 6.68. The van der Waals surface area contributed by atoms with Gasteiger partial charge in [-0.05, 0) is 41.8 Å². The van der Waals surface area contributed by atoms with Gasteiger partial charge in [0.15, 0.2) is 0 Å². The molecule has 0 aromatic heterocycles. The molecule has 0 amide bonds. The summed E-state index contributed by atoms with van der Waals surface area (Å²) in [6.45, 7) is 3.70. The number of benzene rings is 2. The van der Waals surface area contributed by atoms with Crippen LogP contribution in [0, 0.1) is 0 Å². The molecule has 2 aromatic carbocycles. The van der Waals surface area contributed by atoms with Crippen molar-refractivity contribution in [2.45, 2.75) is 13.0 Å². The van der Waals surface area contributed by atoms with Gasteiger partial charge in [0.2, 0.25) is 0 Å². The van der Waals surface area contributed by atoms with E-state index in [4.69, 9.17) is 14.2 Å². The van der Waals surface area contributed by atoms with E-state index in [1.165, 1.54) is 5.56 Å². The van der Waals surface area contributed by atoms with Gasteiger partial charge in [-0.15, -0.1) is 0 Å². The fraction of sp³-hybridized carbons (Fsp3) is 0.333. The predicted octanol–water partition coefficient (Wildman–Crippen LogP) is 3.51. The van der Waals surface area contributed by atoms with Crippen LogP contribution in [0.4, 0.5) is 0 Å². The molecule has 0 fully saturated rings. The number of phenolic OH excluding ortho intramolecular Hbond substituents is 1. The molecule has 1 N–H and O–H groups in total. The molecular formula is C21H23NO4. The molecule has 4 rings (SSSR count). The molecule has 2 aromatic rings. The molecule has 0 spiro atoms. The zero-order chi connectivity index (χ0) is 17.9. The lowest BCUT2D eigenvalue weighted by Gasteiger charge is -2.30. The van der Waals surface area contributed by atoms with E-state index in [1.54, 1.807) is 19.2 Å². The van der Waals surface area contributed by atoms with Crippen LogP contribution >= 0.6 is 0 Å². The molecule has 0 bridgehead atoms. The standard InChI is InChI=1S/C21H23NO4/c1-24-8-2-7-22-12-17-9-16-10-18(15-3-5-19(23)6-4-15)13-25-20(16)11-21(17)26-14-22/h3-6,9-11,23H,2,7-8,12-14H2,1H3. The van der Waals surface area contributed by atoms with Gasteiger partial charge in [0, 0.05) is 44.0 Å². The molecule has 2 aliphatic rings. The van der Waals surface area contributed by atoms with Crippen molar-refractivity contribution in [3.05, 3.63) is 53.1 Å². The summed E-state index contributed by atoms with van der Waals surface area (Å²) >= 11 is 0. The molecule has 0 aliphatic carbocycles. The first-order chi connectivity index (χ1) is 12.7. The molecule has 0 saturated heterocycles. The van der Waals surface area contributed by atoms with E-state index < -0.39 is 0 Å². The Labute approximate surface area is 153 Å². The SMILES string of the molecule is COCCCN1COc2cc3c(cc2C1)C=C(c1ccc(O)cc1)CO3. The van der Waals surface area contributed by atoms with Crippen LogP contribution in [0.1, 0.15) is 23.1 Å². The van der Waals surface area contributed by atoms with Crippen LogP contribution < -0.4 is 9.47 Å². The molecule has 5 nitrogen and oxygen atoms in total. The maximum Gasteiger partial charge on any atom is 0.142 e. The quantitative estimate of drug-likeness (QED) is 0.834.